The predicted molar refractivity (Wildman–Crippen MR) is 85.3 cm³/mol. The van der Waals surface area contributed by atoms with Gasteiger partial charge in [0.25, 0.3) is 0 Å². The van der Waals surface area contributed by atoms with Gasteiger partial charge < -0.3 is 14.5 Å². The molecule has 0 spiro atoms. The molecule has 0 aromatic carbocycles. The van der Waals surface area contributed by atoms with E-state index in [1.54, 1.807) is 0 Å². The molecule has 4 heteroatoms. The summed E-state index contributed by atoms with van der Waals surface area (Å²) >= 11 is 0. The van der Waals surface area contributed by atoms with Gasteiger partial charge in [-0.05, 0) is 39.3 Å². The van der Waals surface area contributed by atoms with Crippen LogP contribution in [0.3, 0.4) is 0 Å². The lowest BCUT2D eigenvalue weighted by Gasteiger charge is -2.34. The number of nitrogens with zero attached hydrogens (tertiary/aromatic N) is 1. The standard InChI is InChI=1S/C17H30N2O2/c1-12(2)7-18-8-16-6-17(21-15(16)5)11-19-9-13(3)20-14(4)10-19/h6,12-14,18H,7-11H2,1-5H3/t13-,14+. The second kappa shape index (κ2) is 7.43. The highest BCUT2D eigenvalue weighted by molar-refractivity contribution is 5.20. The van der Waals surface area contributed by atoms with Gasteiger partial charge in [0, 0.05) is 25.2 Å². The molecule has 2 heterocycles. The lowest BCUT2D eigenvalue weighted by atomic mass is 10.2. The largest absolute Gasteiger partial charge is 0.465 e. The first-order valence-electron chi connectivity index (χ1n) is 8.10. The molecule has 1 aromatic rings. The van der Waals surface area contributed by atoms with Crippen LogP contribution in [0, 0.1) is 12.8 Å². The Morgan fingerprint density at radius 3 is 2.57 bits per heavy atom. The van der Waals surface area contributed by atoms with Gasteiger partial charge in [0.1, 0.15) is 11.5 Å². The number of ether oxygens (including phenoxy) is 1. The average molecular weight is 294 g/mol. The molecule has 1 N–H and O–H groups in total. The molecule has 2 atom stereocenters. The highest BCUT2D eigenvalue weighted by Crippen LogP contribution is 2.19. The molecule has 1 aliphatic rings. The van der Waals surface area contributed by atoms with E-state index < -0.39 is 0 Å². The van der Waals surface area contributed by atoms with Crippen molar-refractivity contribution in [2.24, 2.45) is 5.92 Å². The second-order valence-corrected chi connectivity index (χ2v) is 6.77. The van der Waals surface area contributed by atoms with Gasteiger partial charge in [0.15, 0.2) is 0 Å². The molecule has 0 amide bonds. The van der Waals surface area contributed by atoms with Crippen molar-refractivity contribution >= 4 is 0 Å². The van der Waals surface area contributed by atoms with Crippen LogP contribution in [-0.4, -0.2) is 36.7 Å². The summed E-state index contributed by atoms with van der Waals surface area (Å²) in [6.07, 6.45) is 0.606. The molecule has 120 valence electrons. The zero-order valence-corrected chi connectivity index (χ0v) is 14.1. The fraction of sp³-hybridized carbons (Fsp3) is 0.765. The quantitative estimate of drug-likeness (QED) is 0.875. The van der Waals surface area contributed by atoms with E-state index in [1.807, 2.05) is 0 Å². The molecule has 0 aliphatic carbocycles. The predicted octanol–water partition coefficient (Wildman–Crippen LogP) is 2.94. The first kappa shape index (κ1) is 16.5. The summed E-state index contributed by atoms with van der Waals surface area (Å²) < 4.78 is 11.7. The average Bonchev–Trinajstić information content (AvgIpc) is 2.67. The number of morpholine rings is 1. The van der Waals surface area contributed by atoms with Crippen molar-refractivity contribution in [1.82, 2.24) is 10.2 Å². The fourth-order valence-electron chi connectivity index (χ4n) is 2.97. The van der Waals surface area contributed by atoms with Crippen LogP contribution in [0.1, 0.15) is 44.8 Å². The molecular weight excluding hydrogens is 264 g/mol. The van der Waals surface area contributed by atoms with Crippen LogP contribution in [0.15, 0.2) is 10.5 Å². The van der Waals surface area contributed by atoms with E-state index in [0.717, 1.165) is 44.2 Å². The Labute approximate surface area is 128 Å². The Morgan fingerprint density at radius 2 is 1.95 bits per heavy atom. The van der Waals surface area contributed by atoms with E-state index in [-0.39, 0.29) is 0 Å². The summed E-state index contributed by atoms with van der Waals surface area (Å²) in [4.78, 5) is 2.42. The number of furan rings is 1. The van der Waals surface area contributed by atoms with Gasteiger partial charge in [-0.1, -0.05) is 13.8 Å². The Balaban J connectivity index is 1.89. The summed E-state index contributed by atoms with van der Waals surface area (Å²) in [5, 5.41) is 3.48. The lowest BCUT2D eigenvalue weighted by Crippen LogP contribution is -2.44. The van der Waals surface area contributed by atoms with E-state index >= 15 is 0 Å². The third-order valence-corrected chi connectivity index (χ3v) is 3.81. The zero-order chi connectivity index (χ0) is 15.4. The van der Waals surface area contributed by atoms with Crippen LogP contribution < -0.4 is 5.32 Å². The van der Waals surface area contributed by atoms with Crippen LogP contribution in [0.5, 0.6) is 0 Å². The SMILES string of the molecule is Cc1oc(CN2C[C@@H](C)O[C@@H](C)C2)cc1CNCC(C)C. The molecule has 1 saturated heterocycles. The van der Waals surface area contributed by atoms with Crippen molar-refractivity contribution in [1.29, 1.82) is 0 Å². The molecule has 0 radical (unpaired) electrons. The van der Waals surface area contributed by atoms with Crippen LogP contribution in [-0.2, 0) is 17.8 Å². The Kier molecular flexibility index (Phi) is 5.85. The van der Waals surface area contributed by atoms with Crippen LogP contribution in [0.4, 0.5) is 0 Å². The minimum atomic E-state index is 0.303. The number of hydrogen-bond donors (Lipinski definition) is 1. The molecule has 0 saturated carbocycles. The van der Waals surface area contributed by atoms with Crippen molar-refractivity contribution in [3.8, 4) is 0 Å². The summed E-state index contributed by atoms with van der Waals surface area (Å²) in [5.74, 6) is 2.78. The molecule has 4 nitrogen and oxygen atoms in total. The van der Waals surface area contributed by atoms with Crippen molar-refractivity contribution in [2.45, 2.75) is 59.9 Å². The third-order valence-electron chi connectivity index (χ3n) is 3.81. The summed E-state index contributed by atoms with van der Waals surface area (Å²) in [6.45, 7) is 15.5. The number of hydrogen-bond acceptors (Lipinski definition) is 4. The van der Waals surface area contributed by atoms with E-state index in [1.165, 1.54) is 5.56 Å². The maximum absolute atomic E-state index is 5.92. The van der Waals surface area contributed by atoms with Crippen LogP contribution >= 0.6 is 0 Å². The van der Waals surface area contributed by atoms with Crippen molar-refractivity contribution in [3.63, 3.8) is 0 Å². The van der Waals surface area contributed by atoms with Gasteiger partial charge in [-0.2, -0.15) is 0 Å². The Morgan fingerprint density at radius 1 is 1.29 bits per heavy atom. The summed E-state index contributed by atoms with van der Waals surface area (Å²) in [7, 11) is 0. The minimum absolute atomic E-state index is 0.303. The molecular formula is C17H30N2O2. The minimum Gasteiger partial charge on any atom is -0.465 e. The van der Waals surface area contributed by atoms with Gasteiger partial charge in [-0.15, -0.1) is 0 Å². The van der Waals surface area contributed by atoms with E-state index in [9.17, 15) is 0 Å². The molecule has 0 unspecified atom stereocenters. The maximum Gasteiger partial charge on any atom is 0.118 e. The summed E-state index contributed by atoms with van der Waals surface area (Å²) in [5.41, 5.74) is 1.28. The zero-order valence-electron chi connectivity index (χ0n) is 14.1. The van der Waals surface area contributed by atoms with Crippen molar-refractivity contribution < 1.29 is 9.15 Å². The first-order valence-corrected chi connectivity index (χ1v) is 8.10. The van der Waals surface area contributed by atoms with E-state index in [2.05, 4.69) is 50.9 Å². The van der Waals surface area contributed by atoms with E-state index in [0.29, 0.717) is 18.1 Å². The molecule has 0 bridgehead atoms. The maximum atomic E-state index is 5.92. The van der Waals surface area contributed by atoms with E-state index in [4.69, 9.17) is 9.15 Å². The molecule has 1 aliphatic heterocycles. The van der Waals surface area contributed by atoms with Crippen LogP contribution in [0.25, 0.3) is 0 Å². The second-order valence-electron chi connectivity index (χ2n) is 6.77. The van der Waals surface area contributed by atoms with Crippen molar-refractivity contribution in [2.75, 3.05) is 19.6 Å². The number of aryl methyl sites for hydroxylation is 1. The summed E-state index contributed by atoms with van der Waals surface area (Å²) in [6, 6.07) is 2.20. The first-order chi connectivity index (χ1) is 9.94. The Hall–Kier alpha value is -0.840. The smallest absolute Gasteiger partial charge is 0.118 e. The molecule has 1 aromatic heterocycles. The number of rotatable bonds is 6. The van der Waals surface area contributed by atoms with Gasteiger partial charge >= 0.3 is 0 Å². The highest BCUT2D eigenvalue weighted by Gasteiger charge is 2.23. The number of nitrogens with one attached hydrogen (secondary N) is 1. The molecule has 21 heavy (non-hydrogen) atoms. The molecule has 1 fully saturated rings. The lowest BCUT2D eigenvalue weighted by molar-refractivity contribution is -0.0718. The molecule has 2 rings (SSSR count). The monoisotopic (exact) mass is 294 g/mol. The van der Waals surface area contributed by atoms with Gasteiger partial charge in [0.2, 0.25) is 0 Å². The fourth-order valence-corrected chi connectivity index (χ4v) is 2.97. The highest BCUT2D eigenvalue weighted by atomic mass is 16.5. The Bertz CT molecular complexity index is 432. The van der Waals surface area contributed by atoms with Crippen LogP contribution in [0.2, 0.25) is 0 Å². The van der Waals surface area contributed by atoms with Gasteiger partial charge in [0.05, 0.1) is 18.8 Å². The normalized spacial score (nSPS) is 23.9. The van der Waals surface area contributed by atoms with Crippen molar-refractivity contribution in [3.05, 3.63) is 23.2 Å². The third kappa shape index (κ3) is 5.13. The van der Waals surface area contributed by atoms with Gasteiger partial charge in [-0.25, -0.2) is 0 Å². The topological polar surface area (TPSA) is 37.6 Å². The van der Waals surface area contributed by atoms with Gasteiger partial charge in [-0.3, -0.25) is 4.90 Å².